The molecule has 0 spiro atoms. The van der Waals surface area contributed by atoms with E-state index in [4.69, 9.17) is 4.42 Å². The summed E-state index contributed by atoms with van der Waals surface area (Å²) in [4.78, 5) is 0. The van der Waals surface area contributed by atoms with E-state index in [1.54, 1.807) is 0 Å². The lowest BCUT2D eigenvalue weighted by atomic mass is 10.00. The molecule has 0 bridgehead atoms. The molecule has 0 aliphatic rings. The standard InChI is InChI=1S/C52H32N2O/c1-2-12-33(13-3-1)34-16-10-17-39(28-34)53-47-26-24-38(31-44(47)45-29-35-14-4-5-15-36(35)32-50(45)53)37-25-27-48-43(30-37)40-18-6-8-21-46(40)54(48)49-22-11-20-42-41-19-7-9-23-51(41)55-52(42)49/h1-32H. The molecule has 0 aliphatic carbocycles. The Balaban J connectivity index is 1.07. The van der Waals surface area contributed by atoms with E-state index in [-0.39, 0.29) is 0 Å². The Hall–Kier alpha value is -7.36. The fourth-order valence-corrected chi connectivity index (χ4v) is 8.94. The van der Waals surface area contributed by atoms with Gasteiger partial charge in [-0.2, -0.15) is 0 Å². The van der Waals surface area contributed by atoms with Crippen molar-refractivity contribution in [1.29, 1.82) is 0 Å². The molecule has 0 radical (unpaired) electrons. The summed E-state index contributed by atoms with van der Waals surface area (Å²) in [6.45, 7) is 0. The molecule has 3 heterocycles. The van der Waals surface area contributed by atoms with Gasteiger partial charge in [0.2, 0.25) is 0 Å². The van der Waals surface area contributed by atoms with Crippen LogP contribution < -0.4 is 0 Å². The maximum atomic E-state index is 6.54. The van der Waals surface area contributed by atoms with Crippen molar-refractivity contribution in [2.45, 2.75) is 0 Å². The van der Waals surface area contributed by atoms with Crippen LogP contribution in [0, 0.1) is 0 Å². The van der Waals surface area contributed by atoms with Gasteiger partial charge < -0.3 is 13.6 Å². The van der Waals surface area contributed by atoms with Gasteiger partial charge in [-0.05, 0) is 99.8 Å². The first kappa shape index (κ1) is 30.1. The number of hydrogen-bond donors (Lipinski definition) is 0. The summed E-state index contributed by atoms with van der Waals surface area (Å²) >= 11 is 0. The predicted octanol–water partition coefficient (Wildman–Crippen LogP) is 14.3. The lowest BCUT2D eigenvalue weighted by Gasteiger charge is -2.11. The van der Waals surface area contributed by atoms with Gasteiger partial charge in [-0.15, -0.1) is 0 Å². The molecular formula is C52H32N2O. The zero-order valence-electron chi connectivity index (χ0n) is 29.8. The van der Waals surface area contributed by atoms with Crippen LogP contribution in [0.3, 0.4) is 0 Å². The van der Waals surface area contributed by atoms with E-state index in [1.165, 1.54) is 65.6 Å². The Bertz CT molecular complexity index is 3490. The van der Waals surface area contributed by atoms with E-state index < -0.39 is 0 Å². The summed E-state index contributed by atoms with van der Waals surface area (Å²) < 4.78 is 11.3. The van der Waals surface area contributed by atoms with Crippen molar-refractivity contribution in [1.82, 2.24) is 9.13 Å². The summed E-state index contributed by atoms with van der Waals surface area (Å²) in [5.74, 6) is 0. The number of fused-ring (bicyclic) bond motifs is 10. The summed E-state index contributed by atoms with van der Waals surface area (Å²) in [6.07, 6.45) is 0. The third-order valence-electron chi connectivity index (χ3n) is 11.5. The van der Waals surface area contributed by atoms with Crippen LogP contribution in [0.15, 0.2) is 199 Å². The van der Waals surface area contributed by atoms with Crippen molar-refractivity contribution >= 4 is 76.3 Å². The lowest BCUT2D eigenvalue weighted by molar-refractivity contribution is 0.666. The molecule has 3 aromatic heterocycles. The van der Waals surface area contributed by atoms with Crippen molar-refractivity contribution in [3.05, 3.63) is 194 Å². The van der Waals surface area contributed by atoms with Crippen molar-refractivity contribution < 1.29 is 4.42 Å². The van der Waals surface area contributed by atoms with Gasteiger partial charge in [0.05, 0.1) is 27.8 Å². The zero-order chi connectivity index (χ0) is 36.0. The minimum atomic E-state index is 0.902. The topological polar surface area (TPSA) is 23.0 Å². The summed E-state index contributed by atoms with van der Waals surface area (Å²) in [5, 5.41) is 9.66. The number of nitrogens with zero attached hydrogens (tertiary/aromatic N) is 2. The van der Waals surface area contributed by atoms with E-state index >= 15 is 0 Å². The molecule has 12 aromatic rings. The first-order valence-corrected chi connectivity index (χ1v) is 18.8. The number of rotatable bonds is 4. The number of benzene rings is 9. The smallest absolute Gasteiger partial charge is 0.159 e. The zero-order valence-corrected chi connectivity index (χ0v) is 29.8. The number of aromatic nitrogens is 2. The Morgan fingerprint density at radius 3 is 1.73 bits per heavy atom. The Labute approximate surface area is 316 Å². The molecule has 0 fully saturated rings. The second-order valence-corrected chi connectivity index (χ2v) is 14.5. The van der Waals surface area contributed by atoms with Gasteiger partial charge in [-0.3, -0.25) is 0 Å². The molecule has 3 nitrogen and oxygen atoms in total. The lowest BCUT2D eigenvalue weighted by Crippen LogP contribution is -1.94. The fraction of sp³-hybridized carbons (Fsp3) is 0. The SMILES string of the molecule is c1ccc(-c2cccc(-n3c4ccc(-c5ccc6c(c5)c5ccccc5n6-c5cccc6c5oc5ccccc56)cc4c4cc5ccccc5cc43)c2)cc1. The minimum Gasteiger partial charge on any atom is -0.454 e. The van der Waals surface area contributed by atoms with Crippen molar-refractivity contribution in [2.75, 3.05) is 0 Å². The van der Waals surface area contributed by atoms with Gasteiger partial charge in [0.25, 0.3) is 0 Å². The fourth-order valence-electron chi connectivity index (χ4n) is 8.94. The van der Waals surface area contributed by atoms with Crippen molar-refractivity contribution in [3.8, 4) is 33.6 Å². The Kier molecular flexibility index (Phi) is 6.34. The summed E-state index contributed by atoms with van der Waals surface area (Å²) in [7, 11) is 0. The van der Waals surface area contributed by atoms with Gasteiger partial charge >= 0.3 is 0 Å². The van der Waals surface area contributed by atoms with Crippen LogP contribution in [-0.2, 0) is 0 Å². The highest BCUT2D eigenvalue weighted by Gasteiger charge is 2.19. The van der Waals surface area contributed by atoms with Crippen molar-refractivity contribution in [3.63, 3.8) is 0 Å². The molecule has 0 atom stereocenters. The van der Waals surface area contributed by atoms with Crippen LogP contribution in [0.5, 0.6) is 0 Å². The molecule has 0 saturated heterocycles. The van der Waals surface area contributed by atoms with Gasteiger partial charge in [0.1, 0.15) is 5.58 Å². The summed E-state index contributed by atoms with van der Waals surface area (Å²) in [6, 6.07) is 70.3. The maximum Gasteiger partial charge on any atom is 0.159 e. The van der Waals surface area contributed by atoms with Crippen LogP contribution in [0.2, 0.25) is 0 Å². The van der Waals surface area contributed by atoms with Crippen LogP contribution >= 0.6 is 0 Å². The second kappa shape index (κ2) is 11.6. The molecule has 256 valence electrons. The molecule has 0 amide bonds. The molecule has 9 aromatic carbocycles. The van der Waals surface area contributed by atoms with Crippen LogP contribution in [0.25, 0.3) is 110 Å². The van der Waals surface area contributed by atoms with E-state index in [9.17, 15) is 0 Å². The van der Waals surface area contributed by atoms with Crippen LogP contribution in [-0.4, -0.2) is 9.13 Å². The van der Waals surface area contributed by atoms with Crippen LogP contribution in [0.1, 0.15) is 0 Å². The average molecular weight is 701 g/mol. The maximum absolute atomic E-state index is 6.54. The third kappa shape index (κ3) is 4.50. The normalized spacial score (nSPS) is 12.0. The highest BCUT2D eigenvalue weighted by molar-refractivity contribution is 6.16. The molecule has 0 aliphatic heterocycles. The Morgan fingerprint density at radius 2 is 0.891 bits per heavy atom. The summed E-state index contributed by atoms with van der Waals surface area (Å²) in [5.41, 5.74) is 13.5. The van der Waals surface area contributed by atoms with Crippen molar-refractivity contribution in [2.24, 2.45) is 0 Å². The van der Waals surface area contributed by atoms with E-state index in [0.29, 0.717) is 0 Å². The first-order chi connectivity index (χ1) is 27.3. The number of para-hydroxylation sites is 3. The molecule has 0 unspecified atom stereocenters. The second-order valence-electron chi connectivity index (χ2n) is 14.5. The number of hydrogen-bond acceptors (Lipinski definition) is 1. The highest BCUT2D eigenvalue weighted by atomic mass is 16.3. The van der Waals surface area contributed by atoms with Gasteiger partial charge in [0, 0.05) is 38.0 Å². The molecular weight excluding hydrogens is 669 g/mol. The average Bonchev–Trinajstić information content (AvgIpc) is 3.90. The molecule has 3 heteroatoms. The van der Waals surface area contributed by atoms with Gasteiger partial charge in [-0.25, -0.2) is 0 Å². The van der Waals surface area contributed by atoms with Gasteiger partial charge in [-0.1, -0.05) is 127 Å². The first-order valence-electron chi connectivity index (χ1n) is 18.8. The molecule has 0 N–H and O–H groups in total. The molecule has 12 rings (SSSR count). The quantitative estimate of drug-likeness (QED) is 0.179. The van der Waals surface area contributed by atoms with Crippen LogP contribution in [0.4, 0.5) is 0 Å². The van der Waals surface area contributed by atoms with E-state index in [1.807, 2.05) is 6.07 Å². The third-order valence-corrected chi connectivity index (χ3v) is 11.5. The van der Waals surface area contributed by atoms with Gasteiger partial charge in [0.15, 0.2) is 5.58 Å². The highest BCUT2D eigenvalue weighted by Crippen LogP contribution is 2.41. The van der Waals surface area contributed by atoms with E-state index in [2.05, 4.69) is 197 Å². The largest absolute Gasteiger partial charge is 0.454 e. The van der Waals surface area contributed by atoms with E-state index in [0.717, 1.165) is 44.3 Å². The molecule has 0 saturated carbocycles. The minimum absolute atomic E-state index is 0.902. The number of furan rings is 1. The molecule has 55 heavy (non-hydrogen) atoms. The Morgan fingerprint density at radius 1 is 0.309 bits per heavy atom. The monoisotopic (exact) mass is 700 g/mol. The predicted molar refractivity (Wildman–Crippen MR) is 231 cm³/mol.